The normalized spacial score (nSPS) is 24.9. The molecule has 17 heavy (non-hydrogen) atoms. The van der Waals surface area contributed by atoms with E-state index in [1.165, 1.54) is 0 Å². The maximum absolute atomic E-state index is 11.9. The van der Waals surface area contributed by atoms with Gasteiger partial charge in [0.2, 0.25) is 0 Å². The molecular weight excluding hydrogens is 240 g/mol. The molecule has 0 saturated carbocycles. The van der Waals surface area contributed by atoms with E-state index in [0.717, 1.165) is 11.1 Å². The molecule has 7 heteroatoms. The van der Waals surface area contributed by atoms with Gasteiger partial charge in [0, 0.05) is 12.8 Å². The van der Waals surface area contributed by atoms with Crippen LogP contribution in [0.2, 0.25) is 0 Å². The number of β-lactam (4-membered cyclic amide) rings is 1. The number of aliphatic hydroxyl groups is 1. The van der Waals surface area contributed by atoms with Gasteiger partial charge in [-0.2, -0.15) is 15.4 Å². The van der Waals surface area contributed by atoms with Crippen LogP contribution in [0, 0.1) is 0 Å². The van der Waals surface area contributed by atoms with E-state index >= 15 is 0 Å². The Morgan fingerprint density at radius 1 is 1.65 bits per heavy atom. The highest BCUT2D eigenvalue weighted by molar-refractivity contribution is 8.03. The first-order chi connectivity index (χ1) is 8.33. The van der Waals surface area contributed by atoms with Crippen molar-refractivity contribution in [3.63, 3.8) is 0 Å². The fourth-order valence-electron chi connectivity index (χ4n) is 2.02. The summed E-state index contributed by atoms with van der Waals surface area (Å²) in [6, 6.07) is 0. The molecule has 2 aliphatic heterocycles. The van der Waals surface area contributed by atoms with Crippen molar-refractivity contribution in [3.8, 4) is 0 Å². The minimum atomic E-state index is -0.0114. The monoisotopic (exact) mass is 250 g/mol. The van der Waals surface area contributed by atoms with Crippen molar-refractivity contribution >= 4 is 23.2 Å². The Hall–Kier alpha value is -1.60. The van der Waals surface area contributed by atoms with Gasteiger partial charge in [-0.3, -0.25) is 9.69 Å². The molecule has 6 nitrogen and oxygen atoms in total. The highest BCUT2D eigenvalue weighted by Gasteiger charge is 2.45. The van der Waals surface area contributed by atoms with Gasteiger partial charge >= 0.3 is 0 Å². The summed E-state index contributed by atoms with van der Waals surface area (Å²) in [6.07, 6.45) is 3.76. The molecule has 0 aliphatic carbocycles. The number of thioether (sulfide) groups is 1. The second-order valence-corrected chi connectivity index (χ2v) is 4.70. The summed E-state index contributed by atoms with van der Waals surface area (Å²) in [6.45, 7) is -0.0101. The number of fused-ring (bicyclic) bond motifs is 1. The van der Waals surface area contributed by atoms with E-state index in [1.54, 1.807) is 29.1 Å². The molecule has 3 heterocycles. The summed E-state index contributed by atoms with van der Waals surface area (Å²) >= 11 is 1.58. The van der Waals surface area contributed by atoms with Crippen molar-refractivity contribution in [2.75, 3.05) is 6.61 Å². The van der Waals surface area contributed by atoms with Crippen molar-refractivity contribution in [2.24, 2.45) is 0 Å². The largest absolute Gasteiger partial charge is 0.396 e. The second kappa shape index (κ2) is 4.01. The van der Waals surface area contributed by atoms with E-state index in [1.807, 2.05) is 5.41 Å². The molecule has 0 bridgehead atoms. The average molecular weight is 250 g/mol. The van der Waals surface area contributed by atoms with Crippen LogP contribution >= 0.6 is 11.8 Å². The number of hydrogen-bond donors (Lipinski definition) is 2. The van der Waals surface area contributed by atoms with E-state index in [2.05, 4.69) is 15.4 Å². The second-order valence-electron chi connectivity index (χ2n) is 3.71. The fourth-order valence-corrected chi connectivity index (χ4v) is 3.04. The van der Waals surface area contributed by atoms with Crippen LogP contribution in [-0.4, -0.2) is 43.3 Å². The predicted molar refractivity (Wildman–Crippen MR) is 62.4 cm³/mol. The first kappa shape index (κ1) is 10.5. The highest BCUT2D eigenvalue weighted by Crippen LogP contribution is 2.44. The summed E-state index contributed by atoms with van der Waals surface area (Å²) in [7, 11) is 0. The molecule has 1 amide bonds. The number of nitrogens with zero attached hydrogens (tertiary/aromatic N) is 3. The zero-order valence-corrected chi connectivity index (χ0v) is 9.65. The van der Waals surface area contributed by atoms with E-state index < -0.39 is 0 Å². The van der Waals surface area contributed by atoms with Gasteiger partial charge in [0.15, 0.2) is 0 Å². The van der Waals surface area contributed by atoms with Crippen molar-refractivity contribution in [2.45, 2.75) is 11.8 Å². The van der Waals surface area contributed by atoms with Crippen LogP contribution in [0.15, 0.2) is 23.4 Å². The van der Waals surface area contributed by atoms with Crippen LogP contribution in [0.3, 0.4) is 0 Å². The number of nitrogens with one attached hydrogen (secondary N) is 1. The van der Waals surface area contributed by atoms with Crippen LogP contribution in [0.4, 0.5) is 0 Å². The third-order valence-corrected chi connectivity index (χ3v) is 3.80. The van der Waals surface area contributed by atoms with Crippen LogP contribution in [0.5, 0.6) is 0 Å². The molecule has 1 fully saturated rings. The number of aromatic nitrogens is 3. The molecule has 0 spiro atoms. The van der Waals surface area contributed by atoms with Crippen LogP contribution in [0.1, 0.15) is 12.1 Å². The SMILES string of the molecule is O=C1C(=C(CCO)c2cn[nH]n2)[C@@H]2SC=CN12. The summed E-state index contributed by atoms with van der Waals surface area (Å²) < 4.78 is 0. The minimum absolute atomic E-state index is 0.0101. The number of hydrogen-bond acceptors (Lipinski definition) is 5. The summed E-state index contributed by atoms with van der Waals surface area (Å²) in [5.74, 6) is -0.0114. The highest BCUT2D eigenvalue weighted by atomic mass is 32.2. The van der Waals surface area contributed by atoms with Crippen molar-refractivity contribution in [1.29, 1.82) is 0 Å². The van der Waals surface area contributed by atoms with Gasteiger partial charge in [0.25, 0.3) is 5.91 Å². The Kier molecular flexibility index (Phi) is 2.49. The Morgan fingerprint density at radius 2 is 2.53 bits per heavy atom. The lowest BCUT2D eigenvalue weighted by Crippen LogP contribution is -2.48. The molecule has 3 rings (SSSR count). The molecule has 88 valence electrons. The zero-order valence-electron chi connectivity index (χ0n) is 8.83. The lowest BCUT2D eigenvalue weighted by Gasteiger charge is -2.37. The Balaban J connectivity index is 2.01. The summed E-state index contributed by atoms with van der Waals surface area (Å²) in [5.41, 5.74) is 2.14. The van der Waals surface area contributed by atoms with Gasteiger partial charge in [0.05, 0.1) is 11.8 Å². The van der Waals surface area contributed by atoms with Crippen molar-refractivity contribution in [3.05, 3.63) is 29.1 Å². The van der Waals surface area contributed by atoms with Gasteiger partial charge in [0.1, 0.15) is 11.1 Å². The number of amides is 1. The molecule has 1 aromatic heterocycles. The van der Waals surface area contributed by atoms with Crippen molar-refractivity contribution < 1.29 is 9.90 Å². The van der Waals surface area contributed by atoms with E-state index in [4.69, 9.17) is 5.11 Å². The first-order valence-corrected chi connectivity index (χ1v) is 6.12. The van der Waals surface area contributed by atoms with Crippen LogP contribution < -0.4 is 0 Å². The minimum Gasteiger partial charge on any atom is -0.396 e. The fraction of sp³-hybridized carbons (Fsp3) is 0.300. The number of aromatic amines is 1. The van der Waals surface area contributed by atoms with E-state index in [9.17, 15) is 4.79 Å². The van der Waals surface area contributed by atoms with Gasteiger partial charge in [-0.1, -0.05) is 0 Å². The Bertz CT molecular complexity index is 508. The maximum atomic E-state index is 11.9. The van der Waals surface area contributed by atoms with Crippen molar-refractivity contribution in [1.82, 2.24) is 20.3 Å². The molecule has 1 atom stereocenters. The number of H-pyrrole nitrogens is 1. The number of carbonyl (C=O) groups excluding carboxylic acids is 1. The average Bonchev–Trinajstić information content (AvgIpc) is 2.97. The first-order valence-electron chi connectivity index (χ1n) is 5.18. The smallest absolute Gasteiger partial charge is 0.258 e. The van der Waals surface area contributed by atoms with Gasteiger partial charge in [-0.05, 0) is 17.4 Å². The predicted octanol–water partition coefficient (Wildman–Crippen LogP) is 0.327. The molecule has 1 saturated heterocycles. The van der Waals surface area contributed by atoms with Gasteiger partial charge < -0.3 is 5.11 Å². The van der Waals surface area contributed by atoms with Gasteiger partial charge in [-0.25, -0.2) is 0 Å². The van der Waals surface area contributed by atoms with Crippen LogP contribution in [0.25, 0.3) is 5.57 Å². The lowest BCUT2D eigenvalue weighted by atomic mass is 9.95. The third kappa shape index (κ3) is 1.50. The van der Waals surface area contributed by atoms with E-state index in [0.29, 0.717) is 12.1 Å². The molecule has 0 radical (unpaired) electrons. The lowest BCUT2D eigenvalue weighted by molar-refractivity contribution is -0.130. The number of aliphatic hydroxyl groups excluding tert-OH is 1. The summed E-state index contributed by atoms with van der Waals surface area (Å²) in [4.78, 5) is 13.6. The molecule has 2 aliphatic rings. The summed E-state index contributed by atoms with van der Waals surface area (Å²) in [5, 5.41) is 21.3. The standard InChI is InChI=1S/C10H10N4O2S/c15-3-1-6(7-5-11-13-12-7)8-9(16)14-2-4-17-10(8)14/h2,4-5,10,15H,1,3H2,(H,11,12,13)/t10-/m0/s1. The number of carbonyl (C=O) groups is 1. The topological polar surface area (TPSA) is 82.1 Å². The quantitative estimate of drug-likeness (QED) is 0.596. The Labute approximate surface area is 101 Å². The molecule has 2 N–H and O–H groups in total. The molecular formula is C10H10N4O2S. The van der Waals surface area contributed by atoms with Gasteiger partial charge in [-0.15, -0.1) is 11.8 Å². The zero-order chi connectivity index (χ0) is 11.8. The maximum Gasteiger partial charge on any atom is 0.258 e. The molecule has 0 aromatic carbocycles. The van der Waals surface area contributed by atoms with Crippen LogP contribution in [-0.2, 0) is 4.79 Å². The molecule has 1 aromatic rings. The molecule has 0 unspecified atom stereocenters. The van der Waals surface area contributed by atoms with E-state index in [-0.39, 0.29) is 17.9 Å². The Morgan fingerprint density at radius 3 is 3.24 bits per heavy atom. The third-order valence-electron chi connectivity index (χ3n) is 2.80. The number of rotatable bonds is 3.